The lowest BCUT2D eigenvalue weighted by atomic mass is 9.91. The third kappa shape index (κ3) is 4.10. The number of halogens is 5. The smallest absolute Gasteiger partial charge is 0.419 e. The van der Waals surface area contributed by atoms with Crippen molar-refractivity contribution in [1.82, 2.24) is 29.5 Å². The lowest BCUT2D eigenvalue weighted by Gasteiger charge is -2.38. The molecule has 36 heavy (non-hydrogen) atoms. The monoisotopic (exact) mass is 509 g/mol. The van der Waals surface area contributed by atoms with Gasteiger partial charge in [0.1, 0.15) is 5.69 Å². The molecule has 0 unspecified atom stereocenters. The summed E-state index contributed by atoms with van der Waals surface area (Å²) in [6, 6.07) is 2.04. The van der Waals surface area contributed by atoms with Crippen LogP contribution in [0.25, 0.3) is 22.3 Å². The van der Waals surface area contributed by atoms with Crippen LogP contribution in [0.4, 0.5) is 27.9 Å². The van der Waals surface area contributed by atoms with Gasteiger partial charge in [-0.3, -0.25) is 4.68 Å². The molecule has 190 valence electrons. The highest BCUT2D eigenvalue weighted by atomic mass is 19.4. The first-order valence-electron chi connectivity index (χ1n) is 10.9. The second-order valence-corrected chi connectivity index (χ2v) is 8.74. The Labute approximate surface area is 200 Å². The normalized spacial score (nSPS) is 16.1. The van der Waals surface area contributed by atoms with Gasteiger partial charge >= 0.3 is 6.18 Å². The maximum Gasteiger partial charge on any atom is 0.419 e. The van der Waals surface area contributed by atoms with Crippen LogP contribution in [0.15, 0.2) is 30.7 Å². The molecule has 0 amide bonds. The minimum Gasteiger partial charge on any atom is -0.503 e. The quantitative estimate of drug-likeness (QED) is 0.407. The standard InChI is InChI=1S/C22H20F5N7O2/c1-32-19-13(17(31-32)12-9-14(22(25,26)27)16(24)18(35)15(12)23)10-28-20(30-19)33-7-3-21(36,4-8-33)11-34-6-2-5-29-34/h2,5-6,9-10,35-36H,3-4,7-8,11H2,1H3. The highest BCUT2D eigenvalue weighted by molar-refractivity contribution is 5.91. The number of aliphatic hydroxyl groups is 1. The van der Waals surface area contributed by atoms with Crippen LogP contribution in [0, 0.1) is 11.6 Å². The van der Waals surface area contributed by atoms with Crippen molar-refractivity contribution < 1.29 is 32.2 Å². The van der Waals surface area contributed by atoms with E-state index in [1.165, 1.54) is 17.9 Å². The number of nitrogens with zero attached hydrogens (tertiary/aromatic N) is 7. The first kappa shape index (κ1) is 23.9. The van der Waals surface area contributed by atoms with Gasteiger partial charge in [0.05, 0.1) is 23.1 Å². The van der Waals surface area contributed by atoms with E-state index in [9.17, 15) is 32.2 Å². The number of rotatable bonds is 4. The molecule has 0 radical (unpaired) electrons. The molecule has 0 atom stereocenters. The fourth-order valence-electron chi connectivity index (χ4n) is 4.36. The van der Waals surface area contributed by atoms with Gasteiger partial charge in [-0.1, -0.05) is 0 Å². The molecule has 2 N–H and O–H groups in total. The van der Waals surface area contributed by atoms with Crippen molar-refractivity contribution in [3.05, 3.63) is 47.9 Å². The number of aromatic nitrogens is 6. The Kier molecular flexibility index (Phi) is 5.58. The molecule has 1 saturated heterocycles. The van der Waals surface area contributed by atoms with Crippen molar-refractivity contribution in [3.63, 3.8) is 0 Å². The number of fused-ring (bicyclic) bond motifs is 1. The summed E-state index contributed by atoms with van der Waals surface area (Å²) in [5.74, 6) is -5.11. The Hall–Kier alpha value is -3.81. The summed E-state index contributed by atoms with van der Waals surface area (Å²) in [5.41, 5.74) is -3.58. The number of phenolic OH excluding ortho intramolecular Hbond substituents is 1. The van der Waals surface area contributed by atoms with Crippen LogP contribution >= 0.6 is 0 Å². The average Bonchev–Trinajstić information content (AvgIpc) is 3.44. The van der Waals surface area contributed by atoms with Gasteiger partial charge in [-0.2, -0.15) is 28.4 Å². The third-order valence-electron chi connectivity index (χ3n) is 6.30. The minimum atomic E-state index is -5.16. The lowest BCUT2D eigenvalue weighted by Crippen LogP contribution is -2.47. The van der Waals surface area contributed by atoms with E-state index in [1.54, 1.807) is 23.1 Å². The van der Waals surface area contributed by atoms with Gasteiger partial charge in [0.15, 0.2) is 23.0 Å². The average molecular weight is 509 g/mol. The van der Waals surface area contributed by atoms with Gasteiger partial charge < -0.3 is 15.1 Å². The zero-order valence-corrected chi connectivity index (χ0v) is 18.8. The molecule has 0 saturated carbocycles. The number of benzene rings is 1. The Bertz CT molecular complexity index is 1430. The number of hydrogen-bond acceptors (Lipinski definition) is 7. The van der Waals surface area contributed by atoms with E-state index in [1.807, 2.05) is 4.90 Å². The number of piperidine rings is 1. The maximum absolute atomic E-state index is 14.6. The van der Waals surface area contributed by atoms with Gasteiger partial charge in [-0.15, -0.1) is 0 Å². The summed E-state index contributed by atoms with van der Waals surface area (Å²) in [6.07, 6.45) is 0.370. The molecule has 1 fully saturated rings. The second kappa shape index (κ2) is 8.40. The molecule has 0 aliphatic carbocycles. The minimum absolute atomic E-state index is 0.117. The molecular formula is C22H20F5N7O2. The first-order chi connectivity index (χ1) is 17.0. The highest BCUT2D eigenvalue weighted by Crippen LogP contribution is 2.41. The Balaban J connectivity index is 1.46. The fourth-order valence-corrected chi connectivity index (χ4v) is 4.36. The van der Waals surface area contributed by atoms with E-state index in [0.717, 1.165) is 0 Å². The number of anilines is 1. The molecule has 3 aromatic heterocycles. The summed E-state index contributed by atoms with van der Waals surface area (Å²) in [6.45, 7) is 1.21. The molecule has 0 bridgehead atoms. The fraction of sp³-hybridized carbons (Fsp3) is 0.364. The number of phenols is 1. The molecule has 4 aromatic rings. The van der Waals surface area contributed by atoms with Gasteiger partial charge in [-0.25, -0.2) is 18.4 Å². The maximum atomic E-state index is 14.6. The summed E-state index contributed by atoms with van der Waals surface area (Å²) in [5, 5.41) is 28.9. The van der Waals surface area contributed by atoms with E-state index >= 15 is 0 Å². The van der Waals surface area contributed by atoms with Gasteiger partial charge in [0.2, 0.25) is 5.95 Å². The highest BCUT2D eigenvalue weighted by Gasteiger charge is 2.38. The summed E-state index contributed by atoms with van der Waals surface area (Å²) in [4.78, 5) is 10.6. The van der Waals surface area contributed by atoms with Crippen LogP contribution in [-0.4, -0.2) is 58.4 Å². The predicted molar refractivity (Wildman–Crippen MR) is 117 cm³/mol. The van der Waals surface area contributed by atoms with E-state index in [4.69, 9.17) is 0 Å². The number of aromatic hydroxyl groups is 1. The zero-order valence-electron chi connectivity index (χ0n) is 18.8. The van der Waals surface area contributed by atoms with Crippen LogP contribution in [0.1, 0.15) is 18.4 Å². The van der Waals surface area contributed by atoms with Crippen molar-refractivity contribution in [2.24, 2.45) is 7.05 Å². The molecular weight excluding hydrogens is 489 g/mol. The second-order valence-electron chi connectivity index (χ2n) is 8.74. The van der Waals surface area contributed by atoms with Crippen LogP contribution < -0.4 is 4.90 Å². The molecule has 9 nitrogen and oxygen atoms in total. The Morgan fingerprint density at radius 2 is 1.86 bits per heavy atom. The zero-order chi connectivity index (χ0) is 25.8. The molecule has 1 aliphatic heterocycles. The van der Waals surface area contributed by atoms with Gasteiger partial charge in [0.25, 0.3) is 0 Å². The third-order valence-corrected chi connectivity index (χ3v) is 6.30. The SMILES string of the molecule is Cn1nc(-c2cc(C(F)(F)F)c(F)c(O)c2F)c2cnc(N3CCC(O)(Cn4cccn4)CC3)nc21. The molecule has 14 heteroatoms. The van der Waals surface area contributed by atoms with Crippen LogP contribution in [0.2, 0.25) is 0 Å². The Morgan fingerprint density at radius 1 is 1.14 bits per heavy atom. The van der Waals surface area contributed by atoms with Crippen molar-refractivity contribution in [1.29, 1.82) is 0 Å². The molecule has 4 heterocycles. The topological polar surface area (TPSA) is 105 Å². The van der Waals surface area contributed by atoms with Crippen molar-refractivity contribution >= 4 is 17.0 Å². The van der Waals surface area contributed by atoms with Gasteiger partial charge in [-0.05, 0) is 25.0 Å². The van der Waals surface area contributed by atoms with E-state index in [-0.39, 0.29) is 22.8 Å². The van der Waals surface area contributed by atoms with E-state index < -0.39 is 40.3 Å². The van der Waals surface area contributed by atoms with Crippen molar-refractivity contribution in [2.75, 3.05) is 18.0 Å². The predicted octanol–water partition coefficient (Wildman–Crippen LogP) is 3.26. The van der Waals surface area contributed by atoms with Crippen LogP contribution in [0.5, 0.6) is 5.75 Å². The summed E-state index contributed by atoms with van der Waals surface area (Å²) >= 11 is 0. The van der Waals surface area contributed by atoms with E-state index in [2.05, 4.69) is 20.2 Å². The van der Waals surface area contributed by atoms with Crippen molar-refractivity contribution in [2.45, 2.75) is 31.2 Å². The number of hydrogen-bond donors (Lipinski definition) is 2. The Morgan fingerprint density at radius 3 is 2.50 bits per heavy atom. The van der Waals surface area contributed by atoms with Crippen LogP contribution in [0.3, 0.4) is 0 Å². The molecule has 1 aromatic carbocycles. The summed E-state index contributed by atoms with van der Waals surface area (Å²) < 4.78 is 71.2. The first-order valence-corrected chi connectivity index (χ1v) is 10.9. The van der Waals surface area contributed by atoms with Crippen molar-refractivity contribution in [3.8, 4) is 17.0 Å². The van der Waals surface area contributed by atoms with Crippen LogP contribution in [-0.2, 0) is 19.8 Å². The molecule has 0 spiro atoms. The number of aryl methyl sites for hydroxylation is 1. The summed E-state index contributed by atoms with van der Waals surface area (Å²) in [7, 11) is 1.47. The molecule has 5 rings (SSSR count). The van der Waals surface area contributed by atoms with Gasteiger partial charge in [0, 0.05) is 44.3 Å². The van der Waals surface area contributed by atoms with E-state index in [0.29, 0.717) is 38.4 Å². The number of alkyl halides is 3. The molecule has 1 aliphatic rings. The lowest BCUT2D eigenvalue weighted by molar-refractivity contribution is -0.140. The largest absolute Gasteiger partial charge is 0.503 e.